The van der Waals surface area contributed by atoms with Gasteiger partial charge in [-0.2, -0.15) is 0 Å². The van der Waals surface area contributed by atoms with Crippen LogP contribution in [0.1, 0.15) is 0 Å². The van der Waals surface area contributed by atoms with E-state index in [1.807, 2.05) is 48.5 Å². The Labute approximate surface area is 121 Å². The van der Waals surface area contributed by atoms with Crippen molar-refractivity contribution >= 4 is 39.4 Å². The minimum atomic E-state index is 0. The average molecular weight is 266 g/mol. The average Bonchev–Trinajstić information content (AvgIpc) is 3.08. The molecule has 0 saturated carbocycles. The number of nitrogens with one attached hydrogen (secondary N) is 2. The second-order valence-corrected chi connectivity index (χ2v) is 3.84. The van der Waals surface area contributed by atoms with Gasteiger partial charge in [0.2, 0.25) is 0 Å². The number of H-pyrrole nitrogens is 2. The first kappa shape index (κ1) is 13.3. The predicted octanol–water partition coefficient (Wildman–Crippen LogP) is 1.94. The maximum Gasteiger partial charge on any atom is 0.187 e. The highest BCUT2D eigenvalue weighted by molar-refractivity contribution is 5.75. The molecule has 0 bridgehead atoms. The number of hydrogen-bond donors (Lipinski definition) is 2. The Kier molecular flexibility index (Phi) is 4.35. The minimum absolute atomic E-state index is 0. The first-order valence-electron chi connectivity index (χ1n) is 5.70. The Hall–Kier alpha value is -2.09. The number of imidazole rings is 2. The summed E-state index contributed by atoms with van der Waals surface area (Å²) in [6.45, 7) is 0. The molecule has 0 spiro atoms. The second-order valence-electron chi connectivity index (χ2n) is 3.84. The van der Waals surface area contributed by atoms with Gasteiger partial charge in [0.1, 0.15) is 0 Å². The second kappa shape index (κ2) is 6.19. The van der Waals surface area contributed by atoms with Gasteiger partial charge in [-0.25, -0.2) is 9.97 Å². The van der Waals surface area contributed by atoms with Crippen LogP contribution in [0.25, 0.3) is 22.1 Å². The van der Waals surface area contributed by atoms with Crippen molar-refractivity contribution in [1.82, 2.24) is 19.9 Å². The lowest BCUT2D eigenvalue weighted by Crippen LogP contribution is -1.63. The quantitative estimate of drug-likeness (QED) is 0.478. The Morgan fingerprint density at radius 1 is 0.632 bits per heavy atom. The van der Waals surface area contributed by atoms with Crippen molar-refractivity contribution in [3.63, 3.8) is 0 Å². The SMILES string of the molecule is [AlH3].c1ccc2[nH]cnc2c1.c1ccc2[nH]cnc2c1. The molecule has 5 heteroatoms. The number of para-hydroxylation sites is 4. The highest BCUT2D eigenvalue weighted by atomic mass is 27.0. The van der Waals surface area contributed by atoms with Crippen molar-refractivity contribution in [1.29, 1.82) is 0 Å². The first-order valence-corrected chi connectivity index (χ1v) is 5.70. The van der Waals surface area contributed by atoms with Crippen molar-refractivity contribution < 1.29 is 0 Å². The van der Waals surface area contributed by atoms with Gasteiger partial charge in [0.15, 0.2) is 17.4 Å². The van der Waals surface area contributed by atoms with Crippen LogP contribution in [0.4, 0.5) is 0 Å². The van der Waals surface area contributed by atoms with Crippen molar-refractivity contribution in [2.24, 2.45) is 0 Å². The Balaban J connectivity index is 0.000000133. The molecular formula is C14H15AlN4. The summed E-state index contributed by atoms with van der Waals surface area (Å²) in [4.78, 5) is 14.1. The summed E-state index contributed by atoms with van der Waals surface area (Å²) in [5.41, 5.74) is 4.24. The molecule has 4 rings (SSSR count). The molecule has 4 aromatic rings. The van der Waals surface area contributed by atoms with E-state index in [0.29, 0.717) is 0 Å². The third-order valence-electron chi connectivity index (χ3n) is 2.66. The van der Waals surface area contributed by atoms with E-state index in [2.05, 4.69) is 19.9 Å². The normalized spacial score (nSPS) is 9.68. The van der Waals surface area contributed by atoms with E-state index in [-0.39, 0.29) is 17.4 Å². The standard InChI is InChI=1S/2C7H6N2.Al.3H/c2*1-2-4-7-6(3-1)8-5-9-7;;;;/h2*1-5H,(H,8,9);;;;. The van der Waals surface area contributed by atoms with Gasteiger partial charge in [-0.3, -0.25) is 0 Å². The number of nitrogens with zero attached hydrogens (tertiary/aromatic N) is 2. The number of rotatable bonds is 0. The van der Waals surface area contributed by atoms with Crippen LogP contribution in [0.2, 0.25) is 0 Å². The summed E-state index contributed by atoms with van der Waals surface area (Å²) in [5, 5.41) is 0. The van der Waals surface area contributed by atoms with E-state index in [9.17, 15) is 0 Å². The van der Waals surface area contributed by atoms with Gasteiger partial charge in [-0.15, -0.1) is 0 Å². The fourth-order valence-corrected chi connectivity index (χ4v) is 1.76. The summed E-state index contributed by atoms with van der Waals surface area (Å²) in [6, 6.07) is 15.9. The molecule has 2 aromatic carbocycles. The van der Waals surface area contributed by atoms with Gasteiger partial charge in [-0.1, -0.05) is 24.3 Å². The van der Waals surface area contributed by atoms with Crippen molar-refractivity contribution in [2.45, 2.75) is 0 Å². The molecule has 2 N–H and O–H groups in total. The van der Waals surface area contributed by atoms with Crippen LogP contribution in [-0.2, 0) is 0 Å². The molecule has 0 fully saturated rings. The van der Waals surface area contributed by atoms with E-state index in [1.54, 1.807) is 12.7 Å². The molecular weight excluding hydrogens is 251 g/mol. The highest BCUT2D eigenvalue weighted by Gasteiger charge is 1.89. The summed E-state index contributed by atoms with van der Waals surface area (Å²) in [5.74, 6) is 0. The van der Waals surface area contributed by atoms with Gasteiger partial charge >= 0.3 is 0 Å². The van der Waals surface area contributed by atoms with Crippen LogP contribution in [0.3, 0.4) is 0 Å². The van der Waals surface area contributed by atoms with Crippen LogP contribution < -0.4 is 0 Å². The summed E-state index contributed by atoms with van der Waals surface area (Å²) in [7, 11) is 0. The summed E-state index contributed by atoms with van der Waals surface area (Å²) in [6.07, 6.45) is 3.40. The predicted molar refractivity (Wildman–Crippen MR) is 82.1 cm³/mol. The third-order valence-corrected chi connectivity index (χ3v) is 2.66. The van der Waals surface area contributed by atoms with Crippen LogP contribution in [0.15, 0.2) is 61.2 Å². The van der Waals surface area contributed by atoms with Crippen LogP contribution in [0, 0.1) is 0 Å². The monoisotopic (exact) mass is 266 g/mol. The lowest BCUT2D eigenvalue weighted by molar-refractivity contribution is 1.34. The maximum atomic E-state index is 4.06. The fraction of sp³-hybridized carbons (Fsp3) is 0. The number of hydrogen-bond acceptors (Lipinski definition) is 2. The molecule has 0 aliphatic rings. The van der Waals surface area contributed by atoms with Crippen LogP contribution in [0.5, 0.6) is 0 Å². The van der Waals surface area contributed by atoms with E-state index < -0.39 is 0 Å². The summed E-state index contributed by atoms with van der Waals surface area (Å²) >= 11 is 0. The van der Waals surface area contributed by atoms with E-state index >= 15 is 0 Å². The lowest BCUT2D eigenvalue weighted by atomic mass is 10.3. The molecule has 0 unspecified atom stereocenters. The van der Waals surface area contributed by atoms with Crippen LogP contribution >= 0.6 is 0 Å². The molecule has 0 amide bonds. The molecule has 4 nitrogen and oxygen atoms in total. The number of aromatic nitrogens is 4. The molecule has 94 valence electrons. The molecule has 0 radical (unpaired) electrons. The molecule has 2 heterocycles. The number of fused-ring (bicyclic) bond motifs is 2. The summed E-state index contributed by atoms with van der Waals surface area (Å²) < 4.78 is 0. The lowest BCUT2D eigenvalue weighted by Gasteiger charge is -1.81. The third kappa shape index (κ3) is 3.02. The molecule has 0 aliphatic carbocycles. The van der Waals surface area contributed by atoms with E-state index in [1.165, 1.54) is 0 Å². The van der Waals surface area contributed by atoms with E-state index in [4.69, 9.17) is 0 Å². The Bertz CT molecular complexity index is 633. The smallest absolute Gasteiger partial charge is 0.187 e. The topological polar surface area (TPSA) is 57.4 Å². The highest BCUT2D eigenvalue weighted by Crippen LogP contribution is 2.06. The van der Waals surface area contributed by atoms with Gasteiger partial charge in [0.25, 0.3) is 0 Å². The van der Waals surface area contributed by atoms with Crippen molar-refractivity contribution in [2.75, 3.05) is 0 Å². The maximum absolute atomic E-state index is 4.06. The van der Waals surface area contributed by atoms with Crippen molar-refractivity contribution in [3.05, 3.63) is 61.2 Å². The molecule has 2 aromatic heterocycles. The van der Waals surface area contributed by atoms with Crippen molar-refractivity contribution in [3.8, 4) is 0 Å². The first-order chi connectivity index (χ1) is 8.93. The van der Waals surface area contributed by atoms with E-state index in [0.717, 1.165) is 22.1 Å². The number of benzene rings is 2. The van der Waals surface area contributed by atoms with Gasteiger partial charge in [-0.05, 0) is 24.3 Å². The molecule has 0 atom stereocenters. The zero-order valence-corrected chi connectivity index (χ0v) is 9.67. The zero-order chi connectivity index (χ0) is 12.2. The Morgan fingerprint density at radius 3 is 1.47 bits per heavy atom. The Morgan fingerprint density at radius 2 is 1.05 bits per heavy atom. The minimum Gasteiger partial charge on any atom is -0.345 e. The zero-order valence-electron chi connectivity index (χ0n) is 9.67. The van der Waals surface area contributed by atoms with Gasteiger partial charge in [0, 0.05) is 0 Å². The molecule has 0 aliphatic heterocycles. The van der Waals surface area contributed by atoms with Crippen LogP contribution in [-0.4, -0.2) is 37.3 Å². The largest absolute Gasteiger partial charge is 0.345 e. The molecule has 19 heavy (non-hydrogen) atoms. The number of aromatic amines is 2. The fourth-order valence-electron chi connectivity index (χ4n) is 1.76. The molecule has 0 saturated heterocycles. The van der Waals surface area contributed by atoms with Gasteiger partial charge < -0.3 is 9.97 Å². The van der Waals surface area contributed by atoms with Gasteiger partial charge in [0.05, 0.1) is 34.7 Å².